The first kappa shape index (κ1) is 6.36. The highest BCUT2D eigenvalue weighted by Crippen LogP contribution is 2.14. The Balaban J connectivity index is 2.94. The van der Waals surface area contributed by atoms with Crippen LogP contribution in [-0.4, -0.2) is 19.0 Å². The molecule has 2 heterocycles. The van der Waals surface area contributed by atoms with E-state index >= 15 is 0 Å². The summed E-state index contributed by atoms with van der Waals surface area (Å²) in [5.74, 6) is 0.342. The van der Waals surface area contributed by atoms with Gasteiger partial charge in [-0.2, -0.15) is 0 Å². The van der Waals surface area contributed by atoms with Gasteiger partial charge in [-0.1, -0.05) is 0 Å². The molecule has 0 radical (unpaired) electrons. The number of nitrogens with two attached hydrogens (primary N) is 1. The number of halogens is 1. The maximum absolute atomic E-state index is 5.65. The van der Waals surface area contributed by atoms with E-state index in [4.69, 9.17) is 17.5 Å². The van der Waals surface area contributed by atoms with Crippen molar-refractivity contribution in [1.29, 1.82) is 0 Å². The number of hydrogen-bond acceptors (Lipinski definition) is 4. The van der Waals surface area contributed by atoms with Gasteiger partial charge in [0.15, 0.2) is 17.0 Å². The fourth-order valence-electron chi connectivity index (χ4n) is 0.826. The Labute approximate surface area is 66.9 Å². The summed E-state index contributed by atoms with van der Waals surface area (Å²) in [4.78, 5) is 11.5. The first-order chi connectivity index (χ1) is 5.29. The summed E-state index contributed by atoms with van der Waals surface area (Å²) in [5, 5.41) is 0. The SMILES string of the molecule is Nc1ncnc2c1ncn2Cl. The summed E-state index contributed by atoms with van der Waals surface area (Å²) in [7, 11) is 0. The summed E-state index contributed by atoms with van der Waals surface area (Å²) in [6.45, 7) is 0. The van der Waals surface area contributed by atoms with Crippen LogP contribution in [0.2, 0.25) is 0 Å². The van der Waals surface area contributed by atoms with Crippen LogP contribution in [0.1, 0.15) is 0 Å². The normalized spacial score (nSPS) is 10.6. The van der Waals surface area contributed by atoms with Crippen LogP contribution in [0.25, 0.3) is 11.2 Å². The van der Waals surface area contributed by atoms with Gasteiger partial charge >= 0.3 is 0 Å². The number of imidazole rings is 1. The molecule has 2 rings (SSSR count). The molecule has 56 valence electrons. The number of fused-ring (bicyclic) bond motifs is 1. The maximum Gasteiger partial charge on any atom is 0.180 e. The Morgan fingerprint density at radius 1 is 1.36 bits per heavy atom. The van der Waals surface area contributed by atoms with Crippen molar-refractivity contribution in [3.05, 3.63) is 12.7 Å². The number of nitrogens with zero attached hydrogens (tertiary/aromatic N) is 4. The van der Waals surface area contributed by atoms with Crippen molar-refractivity contribution in [2.75, 3.05) is 5.73 Å². The molecule has 11 heavy (non-hydrogen) atoms. The summed E-state index contributed by atoms with van der Waals surface area (Å²) in [6, 6.07) is 0. The molecule has 6 heteroatoms. The minimum Gasteiger partial charge on any atom is -0.382 e. The van der Waals surface area contributed by atoms with Gasteiger partial charge < -0.3 is 5.73 Å². The smallest absolute Gasteiger partial charge is 0.180 e. The first-order valence-corrected chi connectivity index (χ1v) is 3.22. The summed E-state index contributed by atoms with van der Waals surface area (Å²) in [6.07, 6.45) is 2.77. The largest absolute Gasteiger partial charge is 0.382 e. The van der Waals surface area contributed by atoms with Crippen LogP contribution in [0, 0.1) is 0 Å². The molecule has 2 aromatic heterocycles. The first-order valence-electron chi connectivity index (χ1n) is 2.88. The number of nitrogen functional groups attached to an aromatic ring is 1. The molecule has 0 unspecified atom stereocenters. The molecular weight excluding hydrogens is 166 g/mol. The van der Waals surface area contributed by atoms with E-state index < -0.39 is 0 Å². The Morgan fingerprint density at radius 2 is 2.18 bits per heavy atom. The van der Waals surface area contributed by atoms with E-state index in [1.165, 1.54) is 16.7 Å². The zero-order valence-electron chi connectivity index (χ0n) is 5.40. The van der Waals surface area contributed by atoms with Gasteiger partial charge in [-0.3, -0.25) is 0 Å². The molecule has 0 aliphatic rings. The third kappa shape index (κ3) is 0.813. The van der Waals surface area contributed by atoms with E-state index in [0.29, 0.717) is 17.0 Å². The quantitative estimate of drug-likeness (QED) is 0.620. The second-order valence-corrected chi connectivity index (χ2v) is 2.35. The van der Waals surface area contributed by atoms with Crippen LogP contribution in [0.5, 0.6) is 0 Å². The lowest BCUT2D eigenvalue weighted by atomic mass is 10.5. The van der Waals surface area contributed by atoms with E-state index in [1.807, 2.05) is 0 Å². The van der Waals surface area contributed by atoms with Crippen molar-refractivity contribution in [1.82, 2.24) is 19.0 Å². The van der Waals surface area contributed by atoms with Gasteiger partial charge in [-0.15, -0.1) is 0 Å². The lowest BCUT2D eigenvalue weighted by Gasteiger charge is -1.91. The van der Waals surface area contributed by atoms with Crippen LogP contribution in [0.15, 0.2) is 12.7 Å². The highest BCUT2D eigenvalue weighted by molar-refractivity contribution is 6.18. The molecule has 5 nitrogen and oxygen atoms in total. The van der Waals surface area contributed by atoms with Crippen LogP contribution in [-0.2, 0) is 0 Å². The fraction of sp³-hybridized carbons (Fsp3) is 0. The topological polar surface area (TPSA) is 69.6 Å². The second kappa shape index (κ2) is 2.06. The van der Waals surface area contributed by atoms with Crippen molar-refractivity contribution >= 4 is 28.8 Å². The predicted octanol–water partition coefficient (Wildman–Crippen LogP) is 0.410. The van der Waals surface area contributed by atoms with Gasteiger partial charge in [0, 0.05) is 11.8 Å². The molecule has 0 bridgehead atoms. The molecule has 0 saturated carbocycles. The summed E-state index contributed by atoms with van der Waals surface area (Å²) < 4.78 is 1.27. The molecule has 0 aliphatic carbocycles. The van der Waals surface area contributed by atoms with E-state index in [-0.39, 0.29) is 0 Å². The van der Waals surface area contributed by atoms with Crippen molar-refractivity contribution in [2.45, 2.75) is 0 Å². The minimum absolute atomic E-state index is 0.342. The van der Waals surface area contributed by atoms with Gasteiger partial charge in [-0.05, 0) is 0 Å². The highest BCUT2D eigenvalue weighted by Gasteiger charge is 2.04. The third-order valence-electron chi connectivity index (χ3n) is 1.32. The van der Waals surface area contributed by atoms with Gasteiger partial charge in [-0.25, -0.2) is 19.0 Å². The van der Waals surface area contributed by atoms with Crippen molar-refractivity contribution in [3.8, 4) is 0 Å². The number of anilines is 1. The Kier molecular flexibility index (Phi) is 1.19. The second-order valence-electron chi connectivity index (χ2n) is 1.99. The summed E-state index contributed by atoms with van der Waals surface area (Å²) >= 11 is 5.65. The number of hydrogen-bond donors (Lipinski definition) is 1. The van der Waals surface area contributed by atoms with Crippen molar-refractivity contribution < 1.29 is 0 Å². The molecule has 2 aromatic rings. The molecule has 2 N–H and O–H groups in total. The average Bonchev–Trinajstić information content (AvgIpc) is 2.35. The third-order valence-corrected chi connectivity index (χ3v) is 1.57. The van der Waals surface area contributed by atoms with Gasteiger partial charge in [0.25, 0.3) is 0 Å². The van der Waals surface area contributed by atoms with E-state index in [0.717, 1.165) is 0 Å². The van der Waals surface area contributed by atoms with E-state index in [9.17, 15) is 0 Å². The fourth-order valence-corrected chi connectivity index (χ4v) is 0.993. The molecule has 0 spiro atoms. The van der Waals surface area contributed by atoms with Crippen LogP contribution >= 0.6 is 11.8 Å². The molecular formula is C5H4ClN5. The maximum atomic E-state index is 5.65. The zero-order chi connectivity index (χ0) is 7.84. The number of rotatable bonds is 0. The van der Waals surface area contributed by atoms with Crippen LogP contribution < -0.4 is 5.73 Å². The van der Waals surface area contributed by atoms with E-state index in [1.54, 1.807) is 0 Å². The number of aromatic nitrogens is 4. The zero-order valence-corrected chi connectivity index (χ0v) is 6.15. The standard InChI is InChI=1S/C5H4ClN5/c6-11-2-10-3-4(7)8-1-9-5(3)11/h1-2H,(H2,7,8,9). The Bertz CT molecular complexity index is 395. The van der Waals surface area contributed by atoms with Crippen LogP contribution in [0.4, 0.5) is 5.82 Å². The molecule has 0 aromatic carbocycles. The minimum atomic E-state index is 0.342. The van der Waals surface area contributed by atoms with Gasteiger partial charge in [0.2, 0.25) is 0 Å². The molecule has 0 saturated heterocycles. The Morgan fingerprint density at radius 3 is 2.91 bits per heavy atom. The lowest BCUT2D eigenvalue weighted by molar-refractivity contribution is 1.17. The van der Waals surface area contributed by atoms with Gasteiger partial charge in [0.05, 0.1) is 0 Å². The van der Waals surface area contributed by atoms with Crippen molar-refractivity contribution in [3.63, 3.8) is 0 Å². The lowest BCUT2D eigenvalue weighted by Crippen LogP contribution is -1.92. The highest BCUT2D eigenvalue weighted by atomic mass is 35.5. The monoisotopic (exact) mass is 169 g/mol. The molecule has 0 aliphatic heterocycles. The summed E-state index contributed by atoms with van der Waals surface area (Å²) in [5.41, 5.74) is 6.54. The van der Waals surface area contributed by atoms with Crippen LogP contribution in [0.3, 0.4) is 0 Å². The Hall–Kier alpha value is -1.36. The van der Waals surface area contributed by atoms with Crippen molar-refractivity contribution in [2.24, 2.45) is 0 Å². The predicted molar refractivity (Wildman–Crippen MR) is 41.0 cm³/mol. The van der Waals surface area contributed by atoms with E-state index in [2.05, 4.69) is 15.0 Å². The molecule has 0 atom stereocenters. The average molecular weight is 170 g/mol. The van der Waals surface area contributed by atoms with Gasteiger partial charge in [0.1, 0.15) is 12.7 Å². The molecule has 0 amide bonds. The molecule has 0 fully saturated rings.